The first-order valence-corrected chi connectivity index (χ1v) is 9.30. The van der Waals surface area contributed by atoms with E-state index in [1.165, 1.54) is 36.9 Å². The Morgan fingerprint density at radius 3 is 1.89 bits per heavy atom. The van der Waals surface area contributed by atoms with Crippen LogP contribution >= 0.6 is 0 Å². The van der Waals surface area contributed by atoms with Crippen LogP contribution in [-0.2, 0) is 16.1 Å². The van der Waals surface area contributed by atoms with Crippen LogP contribution in [0.15, 0.2) is 18.3 Å². The lowest BCUT2D eigenvalue weighted by atomic mass is 10.0. The molecule has 1 aromatic rings. The summed E-state index contributed by atoms with van der Waals surface area (Å²) in [4.78, 5) is 26.2. The summed E-state index contributed by atoms with van der Waals surface area (Å²) in [7, 11) is 6.74. The Balaban J connectivity index is 0.000000540. The van der Waals surface area contributed by atoms with E-state index in [1.54, 1.807) is 0 Å². The molecule has 0 amide bonds. The van der Waals surface area contributed by atoms with Crippen LogP contribution in [0.3, 0.4) is 0 Å². The van der Waals surface area contributed by atoms with Crippen LogP contribution in [0.2, 0.25) is 0 Å². The monoisotopic (exact) mass is 379 g/mol. The molecular weight excluding hydrogens is 346 g/mol. The molecule has 0 aromatic carbocycles. The molecule has 0 bridgehead atoms. The summed E-state index contributed by atoms with van der Waals surface area (Å²) in [5.41, 5.74) is 2.44. The van der Waals surface area contributed by atoms with Crippen molar-refractivity contribution in [2.24, 2.45) is 11.8 Å². The zero-order valence-electron chi connectivity index (χ0n) is 16.8. The molecule has 2 saturated carbocycles. The van der Waals surface area contributed by atoms with E-state index < -0.39 is 0 Å². The molecule has 0 aliphatic heterocycles. The maximum atomic E-state index is 8.36. The summed E-state index contributed by atoms with van der Waals surface area (Å²) in [5.74, 6) is 1.91. The van der Waals surface area contributed by atoms with Gasteiger partial charge in [-0.1, -0.05) is 6.07 Å². The number of rotatable bonds is 4. The fourth-order valence-corrected chi connectivity index (χ4v) is 4.31. The van der Waals surface area contributed by atoms with Crippen molar-refractivity contribution >= 4 is 12.9 Å². The highest BCUT2D eigenvalue weighted by Crippen LogP contribution is 2.46. The molecule has 4 atom stereocenters. The minimum Gasteiger partial charge on any atom is -0.483 e. The zero-order valence-corrected chi connectivity index (χ0v) is 16.8. The zero-order chi connectivity index (χ0) is 20.4. The number of hydrogen-bond donors (Lipinski definition) is 2. The van der Waals surface area contributed by atoms with Gasteiger partial charge in [0.05, 0.1) is 5.69 Å². The first kappa shape index (κ1) is 23.0. The normalized spacial score (nSPS) is 25.9. The molecular formula is C20H33N3O4. The average molecular weight is 380 g/mol. The van der Waals surface area contributed by atoms with E-state index in [4.69, 9.17) is 19.8 Å². The number of pyridine rings is 1. The van der Waals surface area contributed by atoms with E-state index in [0.717, 1.165) is 30.5 Å². The molecule has 7 heteroatoms. The molecule has 2 aliphatic rings. The lowest BCUT2D eigenvalue weighted by Gasteiger charge is -2.26. The number of hydrogen-bond acceptors (Lipinski definition) is 5. The Morgan fingerprint density at radius 1 is 1.00 bits per heavy atom. The molecule has 1 heterocycles. The topological polar surface area (TPSA) is 94.0 Å². The summed E-state index contributed by atoms with van der Waals surface area (Å²) in [6, 6.07) is 5.92. The highest BCUT2D eigenvalue weighted by atomic mass is 16.3. The van der Waals surface area contributed by atoms with E-state index in [-0.39, 0.29) is 12.9 Å². The second-order valence-corrected chi connectivity index (χ2v) is 7.69. The maximum Gasteiger partial charge on any atom is 0.290 e. The van der Waals surface area contributed by atoms with Gasteiger partial charge in [0.15, 0.2) is 0 Å². The van der Waals surface area contributed by atoms with Crippen LogP contribution in [0.5, 0.6) is 0 Å². The fraction of sp³-hybridized carbons (Fsp3) is 0.650. The molecule has 2 aliphatic carbocycles. The van der Waals surface area contributed by atoms with Crippen LogP contribution in [0.25, 0.3) is 0 Å². The number of aromatic nitrogens is 1. The molecule has 3 rings (SSSR count). The average Bonchev–Trinajstić information content (AvgIpc) is 3.17. The summed E-state index contributed by atoms with van der Waals surface area (Å²) in [5, 5.41) is 13.8. The van der Waals surface area contributed by atoms with Gasteiger partial charge in [-0.25, -0.2) is 0 Å². The molecule has 27 heavy (non-hydrogen) atoms. The van der Waals surface area contributed by atoms with Crippen molar-refractivity contribution < 1.29 is 19.8 Å². The third-order valence-corrected chi connectivity index (χ3v) is 5.70. The van der Waals surface area contributed by atoms with Gasteiger partial charge in [-0.3, -0.25) is 19.5 Å². The van der Waals surface area contributed by atoms with E-state index in [9.17, 15) is 0 Å². The van der Waals surface area contributed by atoms with E-state index in [2.05, 4.69) is 55.0 Å². The Bertz CT molecular complexity index is 545. The van der Waals surface area contributed by atoms with Gasteiger partial charge in [0, 0.05) is 24.8 Å². The van der Waals surface area contributed by atoms with Crippen molar-refractivity contribution in [3.63, 3.8) is 0 Å². The van der Waals surface area contributed by atoms with Crippen LogP contribution in [0.1, 0.15) is 36.9 Å². The summed E-state index contributed by atoms with van der Waals surface area (Å²) >= 11 is 0. The van der Waals surface area contributed by atoms with Crippen LogP contribution in [0, 0.1) is 18.8 Å². The van der Waals surface area contributed by atoms with Crippen LogP contribution < -0.4 is 0 Å². The van der Waals surface area contributed by atoms with E-state index in [0.29, 0.717) is 0 Å². The molecule has 0 spiro atoms. The van der Waals surface area contributed by atoms with Gasteiger partial charge in [0.1, 0.15) is 0 Å². The van der Waals surface area contributed by atoms with Gasteiger partial charge in [0.2, 0.25) is 0 Å². The minimum atomic E-state index is -0.250. The highest BCUT2D eigenvalue weighted by molar-refractivity contribution is 5.33. The quantitative estimate of drug-likeness (QED) is 0.776. The Kier molecular flexibility index (Phi) is 9.96. The number of fused-ring (bicyclic) bond motifs is 1. The SMILES string of the molecule is Cc1ccc(CN(C)C2C[C@H]3CC(N(C)C)C[C@H]3C2)nc1.O=CO.O=CO. The van der Waals surface area contributed by atoms with Crippen molar-refractivity contribution in [1.29, 1.82) is 0 Å². The number of nitrogens with zero attached hydrogens (tertiary/aromatic N) is 3. The van der Waals surface area contributed by atoms with Crippen molar-refractivity contribution in [2.75, 3.05) is 21.1 Å². The van der Waals surface area contributed by atoms with Gasteiger partial charge >= 0.3 is 0 Å². The lowest BCUT2D eigenvalue weighted by molar-refractivity contribution is -0.123. The molecule has 2 fully saturated rings. The number of aryl methyl sites for hydroxylation is 1. The van der Waals surface area contributed by atoms with Gasteiger partial charge in [-0.05, 0) is 77.2 Å². The maximum absolute atomic E-state index is 8.36. The molecule has 152 valence electrons. The third-order valence-electron chi connectivity index (χ3n) is 5.70. The van der Waals surface area contributed by atoms with E-state index in [1.807, 2.05) is 6.20 Å². The molecule has 2 unspecified atom stereocenters. The molecule has 2 N–H and O–H groups in total. The Morgan fingerprint density at radius 2 is 1.48 bits per heavy atom. The fourth-order valence-electron chi connectivity index (χ4n) is 4.31. The largest absolute Gasteiger partial charge is 0.483 e. The molecule has 0 radical (unpaired) electrons. The lowest BCUT2D eigenvalue weighted by Crippen LogP contribution is -2.31. The van der Waals surface area contributed by atoms with Gasteiger partial charge < -0.3 is 15.1 Å². The van der Waals surface area contributed by atoms with Gasteiger partial charge in [-0.2, -0.15) is 0 Å². The Hall–Kier alpha value is -1.99. The molecule has 7 nitrogen and oxygen atoms in total. The van der Waals surface area contributed by atoms with Crippen LogP contribution in [-0.4, -0.2) is 71.2 Å². The molecule has 1 aromatic heterocycles. The Labute approximate surface area is 162 Å². The standard InChI is InChI=1S/C18H29N3.2CH2O2/c1-13-5-6-16(19-11-13)12-21(4)18-9-14-7-17(20(2)3)8-15(14)10-18;2*2-1-3/h5-6,11,14-15,17-18H,7-10,12H2,1-4H3;2*1H,(H,2,3)/t14-,15+,17?,18?;;. The van der Waals surface area contributed by atoms with Crippen molar-refractivity contribution in [3.05, 3.63) is 29.6 Å². The van der Waals surface area contributed by atoms with Crippen LogP contribution in [0.4, 0.5) is 0 Å². The van der Waals surface area contributed by atoms with Crippen molar-refractivity contribution in [2.45, 2.75) is 51.2 Å². The summed E-state index contributed by atoms with van der Waals surface area (Å²) in [6.07, 6.45) is 7.57. The predicted octanol–water partition coefficient (Wildman–Crippen LogP) is 2.34. The second-order valence-electron chi connectivity index (χ2n) is 7.69. The summed E-state index contributed by atoms with van der Waals surface area (Å²) in [6.45, 7) is 2.58. The molecule has 0 saturated heterocycles. The van der Waals surface area contributed by atoms with Gasteiger partial charge in [0.25, 0.3) is 12.9 Å². The third kappa shape index (κ3) is 7.27. The van der Waals surface area contributed by atoms with E-state index >= 15 is 0 Å². The minimum absolute atomic E-state index is 0.250. The number of carboxylic acid groups (broad SMARTS) is 2. The highest BCUT2D eigenvalue weighted by Gasteiger charge is 2.43. The van der Waals surface area contributed by atoms with Crippen molar-refractivity contribution in [1.82, 2.24) is 14.8 Å². The second kappa shape index (κ2) is 11.7. The smallest absolute Gasteiger partial charge is 0.290 e. The van der Waals surface area contributed by atoms with Gasteiger partial charge in [-0.15, -0.1) is 0 Å². The summed E-state index contributed by atoms with van der Waals surface area (Å²) < 4.78 is 0. The first-order valence-electron chi connectivity index (χ1n) is 9.30. The first-order chi connectivity index (χ1) is 12.9. The van der Waals surface area contributed by atoms with Crippen molar-refractivity contribution in [3.8, 4) is 0 Å². The number of carbonyl (C=O) groups is 2. The predicted molar refractivity (Wildman–Crippen MR) is 105 cm³/mol.